The average Bonchev–Trinajstić information content (AvgIpc) is 2.75. The summed E-state index contributed by atoms with van der Waals surface area (Å²) in [6, 6.07) is 14.0. The quantitative estimate of drug-likeness (QED) is 0.619. The molecule has 1 saturated heterocycles. The molecule has 0 spiro atoms. The first-order chi connectivity index (χ1) is 14.2. The molecule has 2 aromatic heterocycles. The molecular weight excluding hydrogens is 384 g/mol. The Hall–Kier alpha value is -2.84. The number of nitrogens with one attached hydrogen (secondary N) is 1. The number of hydrogen-bond donors (Lipinski definition) is 1. The Morgan fingerprint density at radius 2 is 1.69 bits per heavy atom. The number of pyridine rings is 1. The molecule has 4 rings (SSSR count). The van der Waals surface area contributed by atoms with E-state index in [1.807, 2.05) is 37.3 Å². The van der Waals surface area contributed by atoms with E-state index < -0.39 is 0 Å². The van der Waals surface area contributed by atoms with Crippen molar-refractivity contribution in [2.45, 2.75) is 11.8 Å². The van der Waals surface area contributed by atoms with Gasteiger partial charge in [0.1, 0.15) is 11.6 Å². The summed E-state index contributed by atoms with van der Waals surface area (Å²) in [6.07, 6.45) is 3.52. The van der Waals surface area contributed by atoms with E-state index in [4.69, 9.17) is 9.72 Å². The van der Waals surface area contributed by atoms with E-state index in [9.17, 15) is 0 Å². The molecule has 1 fully saturated rings. The normalized spacial score (nSPS) is 14.6. The molecule has 0 saturated carbocycles. The van der Waals surface area contributed by atoms with Crippen molar-refractivity contribution in [2.24, 2.45) is 0 Å². The number of nitrogens with zero attached hydrogens (tertiary/aromatic N) is 5. The van der Waals surface area contributed by atoms with Gasteiger partial charge in [-0.3, -0.25) is 4.98 Å². The minimum atomic E-state index is 0.774. The summed E-state index contributed by atoms with van der Waals surface area (Å²) in [5.41, 5.74) is 1.91. The smallest absolute Gasteiger partial charge is 0.227 e. The van der Waals surface area contributed by atoms with Gasteiger partial charge < -0.3 is 15.0 Å². The number of benzene rings is 1. The molecule has 29 heavy (non-hydrogen) atoms. The molecule has 1 aliphatic rings. The lowest BCUT2D eigenvalue weighted by molar-refractivity contribution is 0.414. The van der Waals surface area contributed by atoms with E-state index in [-0.39, 0.29) is 0 Å². The summed E-state index contributed by atoms with van der Waals surface area (Å²) in [7, 11) is 1.69. The first-order valence-corrected chi connectivity index (χ1v) is 10.3. The van der Waals surface area contributed by atoms with Gasteiger partial charge in [-0.1, -0.05) is 0 Å². The molecule has 0 bridgehead atoms. The molecule has 1 aromatic carbocycles. The van der Waals surface area contributed by atoms with Gasteiger partial charge in [0.2, 0.25) is 5.95 Å². The summed E-state index contributed by atoms with van der Waals surface area (Å²) in [5, 5.41) is 3.33. The second-order valence-corrected chi connectivity index (χ2v) is 7.91. The van der Waals surface area contributed by atoms with Gasteiger partial charge in [0, 0.05) is 60.9 Å². The fourth-order valence-electron chi connectivity index (χ4n) is 3.11. The lowest BCUT2D eigenvalue weighted by Crippen LogP contribution is -2.44. The second kappa shape index (κ2) is 9.11. The van der Waals surface area contributed by atoms with E-state index in [0.29, 0.717) is 0 Å². The number of ether oxygens (including phenoxy) is 1. The van der Waals surface area contributed by atoms with Crippen molar-refractivity contribution in [3.05, 3.63) is 60.6 Å². The van der Waals surface area contributed by atoms with Crippen LogP contribution in [0.5, 0.6) is 5.75 Å². The van der Waals surface area contributed by atoms with Crippen LogP contribution in [-0.4, -0.2) is 52.5 Å². The van der Waals surface area contributed by atoms with Crippen LogP contribution in [0.4, 0.5) is 17.5 Å². The van der Waals surface area contributed by atoms with E-state index in [1.165, 1.54) is 4.90 Å². The Bertz CT molecular complexity index is 930. The van der Waals surface area contributed by atoms with Crippen molar-refractivity contribution in [3.8, 4) is 5.75 Å². The predicted octanol–water partition coefficient (Wildman–Crippen LogP) is 3.76. The maximum atomic E-state index is 5.23. The molecule has 0 unspecified atom stereocenters. The van der Waals surface area contributed by atoms with Crippen LogP contribution < -0.4 is 15.0 Å². The zero-order chi connectivity index (χ0) is 20.1. The van der Waals surface area contributed by atoms with Crippen molar-refractivity contribution in [2.75, 3.05) is 43.5 Å². The van der Waals surface area contributed by atoms with Gasteiger partial charge in [-0.2, -0.15) is 4.98 Å². The van der Waals surface area contributed by atoms with Crippen LogP contribution in [0, 0.1) is 6.92 Å². The predicted molar refractivity (Wildman–Crippen MR) is 117 cm³/mol. The van der Waals surface area contributed by atoms with Gasteiger partial charge in [0.15, 0.2) is 0 Å². The standard InChI is InChI=1S/C21H24N6OS/c1-16-15-20(24-17-7-9-22-10-8-17)25-21(23-16)26-11-13-27(14-12-26)29-19-5-3-18(28-2)4-6-19/h3-10,15H,11-14H2,1-2H3,(H,22,23,24,25). The number of hydrogen-bond acceptors (Lipinski definition) is 8. The largest absolute Gasteiger partial charge is 0.497 e. The zero-order valence-electron chi connectivity index (χ0n) is 16.6. The zero-order valence-corrected chi connectivity index (χ0v) is 17.4. The van der Waals surface area contributed by atoms with Crippen molar-refractivity contribution >= 4 is 29.4 Å². The van der Waals surface area contributed by atoms with Gasteiger partial charge in [-0.15, -0.1) is 0 Å². The first kappa shape index (κ1) is 19.5. The van der Waals surface area contributed by atoms with Crippen LogP contribution in [0.2, 0.25) is 0 Å². The van der Waals surface area contributed by atoms with Gasteiger partial charge >= 0.3 is 0 Å². The Morgan fingerprint density at radius 3 is 2.38 bits per heavy atom. The maximum absolute atomic E-state index is 5.23. The fraction of sp³-hybridized carbons (Fsp3) is 0.286. The second-order valence-electron chi connectivity index (χ2n) is 6.74. The van der Waals surface area contributed by atoms with Crippen molar-refractivity contribution in [1.29, 1.82) is 0 Å². The highest BCUT2D eigenvalue weighted by atomic mass is 32.2. The number of piperazine rings is 1. The van der Waals surface area contributed by atoms with Crippen LogP contribution in [0.3, 0.4) is 0 Å². The number of rotatable bonds is 6. The molecule has 3 aromatic rings. The number of anilines is 3. The molecule has 3 heterocycles. The fourth-order valence-corrected chi connectivity index (χ4v) is 4.01. The molecule has 8 heteroatoms. The summed E-state index contributed by atoms with van der Waals surface area (Å²) in [6.45, 7) is 5.67. The topological polar surface area (TPSA) is 66.4 Å². The highest BCUT2D eigenvalue weighted by Gasteiger charge is 2.20. The molecule has 0 amide bonds. The summed E-state index contributed by atoms with van der Waals surface area (Å²) in [5.74, 6) is 2.45. The molecule has 0 atom stereocenters. The number of methoxy groups -OCH3 is 1. The van der Waals surface area contributed by atoms with Crippen LogP contribution in [0.1, 0.15) is 5.69 Å². The van der Waals surface area contributed by atoms with Crippen molar-refractivity contribution in [3.63, 3.8) is 0 Å². The van der Waals surface area contributed by atoms with E-state index in [2.05, 4.69) is 36.6 Å². The summed E-state index contributed by atoms with van der Waals surface area (Å²) >= 11 is 1.78. The highest BCUT2D eigenvalue weighted by Crippen LogP contribution is 2.27. The first-order valence-electron chi connectivity index (χ1n) is 9.54. The van der Waals surface area contributed by atoms with Crippen molar-refractivity contribution < 1.29 is 4.74 Å². The van der Waals surface area contributed by atoms with Crippen LogP contribution in [0.15, 0.2) is 59.8 Å². The molecular formula is C21H24N6OS. The third-order valence-corrected chi connectivity index (χ3v) is 5.72. The minimum absolute atomic E-state index is 0.774. The Morgan fingerprint density at radius 1 is 0.966 bits per heavy atom. The molecule has 0 radical (unpaired) electrons. The number of aryl methyl sites for hydroxylation is 1. The average molecular weight is 409 g/mol. The molecule has 1 N–H and O–H groups in total. The van der Waals surface area contributed by atoms with E-state index >= 15 is 0 Å². The van der Waals surface area contributed by atoms with Crippen LogP contribution in [-0.2, 0) is 0 Å². The third-order valence-electron chi connectivity index (χ3n) is 4.61. The summed E-state index contributed by atoms with van der Waals surface area (Å²) < 4.78 is 7.61. The molecule has 150 valence electrons. The third kappa shape index (κ3) is 5.16. The monoisotopic (exact) mass is 408 g/mol. The van der Waals surface area contributed by atoms with Gasteiger partial charge in [-0.25, -0.2) is 9.29 Å². The van der Waals surface area contributed by atoms with Gasteiger partial charge in [-0.05, 0) is 55.3 Å². The van der Waals surface area contributed by atoms with Crippen LogP contribution >= 0.6 is 11.9 Å². The lowest BCUT2D eigenvalue weighted by atomic mass is 10.3. The SMILES string of the molecule is COc1ccc(SN2CCN(c3nc(C)cc(Nc4ccncc4)n3)CC2)cc1. The van der Waals surface area contributed by atoms with Crippen molar-refractivity contribution in [1.82, 2.24) is 19.3 Å². The Labute approximate surface area is 175 Å². The lowest BCUT2D eigenvalue weighted by Gasteiger charge is -2.34. The Balaban J connectivity index is 1.37. The van der Waals surface area contributed by atoms with Crippen LogP contribution in [0.25, 0.3) is 0 Å². The molecule has 7 nitrogen and oxygen atoms in total. The molecule has 1 aliphatic heterocycles. The molecule has 0 aliphatic carbocycles. The minimum Gasteiger partial charge on any atom is -0.497 e. The van der Waals surface area contributed by atoms with E-state index in [1.54, 1.807) is 31.5 Å². The maximum Gasteiger partial charge on any atom is 0.227 e. The Kier molecular flexibility index (Phi) is 6.12. The van der Waals surface area contributed by atoms with E-state index in [0.717, 1.165) is 55.1 Å². The highest BCUT2D eigenvalue weighted by molar-refractivity contribution is 7.97. The number of aromatic nitrogens is 3. The van der Waals surface area contributed by atoms with Gasteiger partial charge in [0.05, 0.1) is 7.11 Å². The summed E-state index contributed by atoms with van der Waals surface area (Å²) in [4.78, 5) is 16.9. The van der Waals surface area contributed by atoms with Gasteiger partial charge in [0.25, 0.3) is 0 Å².